The average Bonchev–Trinajstić information content (AvgIpc) is 2.26. The molecule has 0 bridgehead atoms. The molecule has 6 heteroatoms. The first kappa shape index (κ1) is 13.5. The Morgan fingerprint density at radius 2 is 2.00 bits per heavy atom. The summed E-state index contributed by atoms with van der Waals surface area (Å²) in [4.78, 5) is 13.9. The van der Waals surface area contributed by atoms with Gasteiger partial charge in [0.25, 0.3) is 0 Å². The topological polar surface area (TPSA) is 77.2 Å². The Morgan fingerprint density at radius 3 is 2.59 bits per heavy atom. The summed E-state index contributed by atoms with van der Waals surface area (Å²) in [5.74, 6) is 1.18. The zero-order valence-corrected chi connectivity index (χ0v) is 11.0. The number of aromatic nitrogens is 3. The van der Waals surface area contributed by atoms with E-state index in [4.69, 9.17) is 10.5 Å². The summed E-state index contributed by atoms with van der Waals surface area (Å²) in [6, 6.07) is 0.296. The molecule has 17 heavy (non-hydrogen) atoms. The van der Waals surface area contributed by atoms with Gasteiger partial charge in [-0.3, -0.25) is 0 Å². The van der Waals surface area contributed by atoms with Crippen molar-refractivity contribution in [3.63, 3.8) is 0 Å². The third-order valence-corrected chi connectivity index (χ3v) is 2.30. The van der Waals surface area contributed by atoms with Crippen molar-refractivity contribution in [2.45, 2.75) is 26.7 Å². The van der Waals surface area contributed by atoms with Gasteiger partial charge in [-0.05, 0) is 12.3 Å². The summed E-state index contributed by atoms with van der Waals surface area (Å²) in [7, 11) is 3.69. The summed E-state index contributed by atoms with van der Waals surface area (Å²) < 4.78 is 5.52. The maximum atomic E-state index is 5.59. The lowest BCUT2D eigenvalue weighted by molar-refractivity contribution is 0.234. The highest BCUT2D eigenvalue weighted by atomic mass is 16.5. The van der Waals surface area contributed by atoms with Crippen molar-refractivity contribution in [1.82, 2.24) is 15.0 Å². The second-order valence-corrected chi connectivity index (χ2v) is 4.38. The lowest BCUT2D eigenvalue weighted by atomic mass is 10.1. The summed E-state index contributed by atoms with van der Waals surface area (Å²) in [6.07, 6.45) is 2.27. The van der Waals surface area contributed by atoms with Crippen LogP contribution >= 0.6 is 0 Å². The van der Waals surface area contributed by atoms with E-state index in [0.717, 1.165) is 12.8 Å². The molecule has 96 valence electrons. The molecule has 6 nitrogen and oxygen atoms in total. The molecule has 0 aliphatic heterocycles. The minimum Gasteiger partial charge on any atom is -0.463 e. The number of nitrogen functional groups attached to an aromatic ring is 1. The monoisotopic (exact) mass is 239 g/mol. The molecule has 0 aromatic carbocycles. The summed E-state index contributed by atoms with van der Waals surface area (Å²) in [5, 5.41) is 0. The van der Waals surface area contributed by atoms with Gasteiger partial charge in [-0.2, -0.15) is 15.0 Å². The van der Waals surface area contributed by atoms with Gasteiger partial charge in [0.1, 0.15) is 0 Å². The molecule has 0 aliphatic carbocycles. The Labute approximate surface area is 102 Å². The molecule has 0 fully saturated rings. The van der Waals surface area contributed by atoms with Gasteiger partial charge in [0.15, 0.2) is 0 Å². The van der Waals surface area contributed by atoms with E-state index in [-0.39, 0.29) is 5.95 Å². The third-order valence-electron chi connectivity index (χ3n) is 2.30. The Balaban J connectivity index is 2.64. The predicted octanol–water partition coefficient (Wildman–Crippen LogP) is 1.33. The van der Waals surface area contributed by atoms with Crippen LogP contribution in [0.5, 0.6) is 6.01 Å². The second kappa shape index (κ2) is 6.22. The zero-order chi connectivity index (χ0) is 12.8. The Bertz CT molecular complexity index is 356. The van der Waals surface area contributed by atoms with E-state index in [0.29, 0.717) is 24.5 Å². The molecule has 1 unspecified atom stereocenters. The Kier molecular flexibility index (Phi) is 4.93. The number of ether oxygens (including phenoxy) is 1. The molecule has 1 heterocycles. The third kappa shape index (κ3) is 4.42. The van der Waals surface area contributed by atoms with Crippen molar-refractivity contribution < 1.29 is 4.74 Å². The molecular formula is C11H21N5O. The highest BCUT2D eigenvalue weighted by Gasteiger charge is 2.08. The second-order valence-electron chi connectivity index (χ2n) is 4.38. The van der Waals surface area contributed by atoms with Crippen LogP contribution in [0.25, 0.3) is 0 Å². The lowest BCUT2D eigenvalue weighted by Crippen LogP contribution is -2.17. The van der Waals surface area contributed by atoms with Gasteiger partial charge in [0, 0.05) is 14.1 Å². The number of nitrogens with two attached hydrogens (primary N) is 1. The van der Waals surface area contributed by atoms with Crippen molar-refractivity contribution in [1.29, 1.82) is 0 Å². The minimum atomic E-state index is 0.182. The first-order chi connectivity index (χ1) is 8.02. The van der Waals surface area contributed by atoms with Gasteiger partial charge < -0.3 is 15.4 Å². The fourth-order valence-corrected chi connectivity index (χ4v) is 1.42. The molecule has 2 N–H and O–H groups in total. The molecule has 1 aromatic heterocycles. The van der Waals surface area contributed by atoms with Gasteiger partial charge in [0.05, 0.1) is 6.61 Å². The normalized spacial score (nSPS) is 12.2. The van der Waals surface area contributed by atoms with Crippen LogP contribution < -0.4 is 15.4 Å². The van der Waals surface area contributed by atoms with Gasteiger partial charge in [-0.1, -0.05) is 20.3 Å². The van der Waals surface area contributed by atoms with Crippen LogP contribution in [0.3, 0.4) is 0 Å². The van der Waals surface area contributed by atoms with Gasteiger partial charge >= 0.3 is 6.01 Å². The smallest absolute Gasteiger partial charge is 0.323 e. The van der Waals surface area contributed by atoms with E-state index < -0.39 is 0 Å². The molecular weight excluding hydrogens is 218 g/mol. The fraction of sp³-hybridized carbons (Fsp3) is 0.727. The average molecular weight is 239 g/mol. The molecule has 1 atom stereocenters. The standard InChI is InChI=1S/C11H21N5O/c1-5-6-8(2)7-17-11-14-9(12)13-10(15-11)16(3)4/h8H,5-7H2,1-4H3,(H2,12,13,14,15). The van der Waals surface area contributed by atoms with Crippen molar-refractivity contribution in [2.24, 2.45) is 5.92 Å². The van der Waals surface area contributed by atoms with E-state index in [1.54, 1.807) is 4.90 Å². The van der Waals surface area contributed by atoms with Gasteiger partial charge in [0.2, 0.25) is 11.9 Å². The van der Waals surface area contributed by atoms with Crippen LogP contribution in [0.4, 0.5) is 11.9 Å². The molecule has 0 amide bonds. The number of hydrogen-bond acceptors (Lipinski definition) is 6. The summed E-state index contributed by atoms with van der Waals surface area (Å²) in [5.41, 5.74) is 5.59. The van der Waals surface area contributed by atoms with E-state index >= 15 is 0 Å². The van der Waals surface area contributed by atoms with Crippen LogP contribution in [0.15, 0.2) is 0 Å². The van der Waals surface area contributed by atoms with Crippen molar-refractivity contribution in [3.05, 3.63) is 0 Å². The van der Waals surface area contributed by atoms with Crippen molar-refractivity contribution >= 4 is 11.9 Å². The lowest BCUT2D eigenvalue weighted by Gasteiger charge is -2.13. The molecule has 0 radical (unpaired) electrons. The number of nitrogens with zero attached hydrogens (tertiary/aromatic N) is 4. The molecule has 0 saturated carbocycles. The van der Waals surface area contributed by atoms with Crippen LogP contribution in [-0.2, 0) is 0 Å². The van der Waals surface area contributed by atoms with Crippen molar-refractivity contribution in [3.8, 4) is 6.01 Å². The largest absolute Gasteiger partial charge is 0.463 e. The Hall–Kier alpha value is -1.59. The predicted molar refractivity (Wildman–Crippen MR) is 68.1 cm³/mol. The number of rotatable bonds is 6. The van der Waals surface area contributed by atoms with Gasteiger partial charge in [-0.15, -0.1) is 0 Å². The molecule has 0 aliphatic rings. The molecule has 1 rings (SSSR count). The minimum absolute atomic E-state index is 0.182. The van der Waals surface area contributed by atoms with Crippen molar-refractivity contribution in [2.75, 3.05) is 31.3 Å². The van der Waals surface area contributed by atoms with Crippen LogP contribution in [0.2, 0.25) is 0 Å². The van der Waals surface area contributed by atoms with Crippen LogP contribution in [0, 0.1) is 5.92 Å². The number of hydrogen-bond donors (Lipinski definition) is 1. The maximum Gasteiger partial charge on any atom is 0.323 e. The maximum absolute atomic E-state index is 5.59. The first-order valence-corrected chi connectivity index (χ1v) is 5.84. The summed E-state index contributed by atoms with van der Waals surface area (Å²) in [6.45, 7) is 4.90. The zero-order valence-electron chi connectivity index (χ0n) is 11.0. The van der Waals surface area contributed by atoms with Crippen LogP contribution in [-0.4, -0.2) is 35.7 Å². The number of anilines is 2. The molecule has 1 aromatic rings. The molecule has 0 spiro atoms. The van der Waals surface area contributed by atoms with E-state index in [1.807, 2.05) is 14.1 Å². The fourth-order valence-electron chi connectivity index (χ4n) is 1.42. The van der Waals surface area contributed by atoms with E-state index in [2.05, 4.69) is 28.8 Å². The Morgan fingerprint density at radius 1 is 1.29 bits per heavy atom. The highest BCUT2D eigenvalue weighted by Crippen LogP contribution is 2.13. The van der Waals surface area contributed by atoms with E-state index in [1.165, 1.54) is 0 Å². The SMILES string of the molecule is CCCC(C)COc1nc(N)nc(N(C)C)n1. The van der Waals surface area contributed by atoms with Crippen LogP contribution in [0.1, 0.15) is 26.7 Å². The van der Waals surface area contributed by atoms with Gasteiger partial charge in [-0.25, -0.2) is 0 Å². The quantitative estimate of drug-likeness (QED) is 0.807. The summed E-state index contributed by atoms with van der Waals surface area (Å²) >= 11 is 0. The van der Waals surface area contributed by atoms with E-state index in [9.17, 15) is 0 Å². The first-order valence-electron chi connectivity index (χ1n) is 5.84. The molecule has 0 saturated heterocycles. The highest BCUT2D eigenvalue weighted by molar-refractivity contribution is 5.33.